The third-order valence-electron chi connectivity index (χ3n) is 3.68. The lowest BCUT2D eigenvalue weighted by atomic mass is 9.97. The number of carbonyl (C=O) groups excluding carboxylic acids is 1. The number of aryl methyl sites for hydroxylation is 2. The summed E-state index contributed by atoms with van der Waals surface area (Å²) in [6.45, 7) is 6.80. The number of aliphatic carboxylic acids is 1. The zero-order chi connectivity index (χ0) is 15.8. The van der Waals surface area contributed by atoms with Gasteiger partial charge in [-0.1, -0.05) is 25.5 Å². The molecule has 0 saturated heterocycles. The highest BCUT2D eigenvalue weighted by Gasteiger charge is 2.20. The molecule has 0 amide bonds. The van der Waals surface area contributed by atoms with E-state index in [-0.39, 0.29) is 12.2 Å². The topological polar surface area (TPSA) is 66.4 Å². The summed E-state index contributed by atoms with van der Waals surface area (Å²) in [5, 5.41) is 12.0. The number of unbranched alkanes of at least 4 members (excludes halogenated alkanes) is 1. The maximum atomic E-state index is 12.6. The van der Waals surface area contributed by atoms with Crippen molar-refractivity contribution >= 4 is 11.8 Å². The van der Waals surface area contributed by atoms with E-state index in [0.717, 1.165) is 30.5 Å². The second-order valence-electron chi connectivity index (χ2n) is 5.46. The van der Waals surface area contributed by atoms with Crippen LogP contribution in [0, 0.1) is 13.8 Å². The Kier molecular flexibility index (Phi) is 7.09. The SMILES string of the molecule is CCCCNC(CCC(=O)O)C(=O)c1ccc(C)c(C)c1. The minimum atomic E-state index is -0.870. The third kappa shape index (κ3) is 5.68. The summed E-state index contributed by atoms with van der Waals surface area (Å²) in [4.78, 5) is 23.3. The molecule has 0 heterocycles. The van der Waals surface area contributed by atoms with Gasteiger partial charge in [0.1, 0.15) is 0 Å². The first kappa shape index (κ1) is 17.4. The lowest BCUT2D eigenvalue weighted by molar-refractivity contribution is -0.137. The van der Waals surface area contributed by atoms with Crippen LogP contribution in [0.5, 0.6) is 0 Å². The first-order chi connectivity index (χ1) is 9.95. The fourth-order valence-electron chi connectivity index (χ4n) is 2.14. The van der Waals surface area contributed by atoms with Crippen molar-refractivity contribution in [3.05, 3.63) is 34.9 Å². The van der Waals surface area contributed by atoms with Crippen LogP contribution >= 0.6 is 0 Å². The number of carboxylic acid groups (broad SMARTS) is 1. The van der Waals surface area contributed by atoms with Crippen molar-refractivity contribution < 1.29 is 14.7 Å². The standard InChI is InChI=1S/C17H25NO3/c1-4-5-10-18-15(8-9-16(19)20)17(21)14-7-6-12(2)13(3)11-14/h6-7,11,15,18H,4-5,8-10H2,1-3H3,(H,19,20). The van der Waals surface area contributed by atoms with Gasteiger partial charge in [0, 0.05) is 12.0 Å². The monoisotopic (exact) mass is 291 g/mol. The van der Waals surface area contributed by atoms with Crippen LogP contribution < -0.4 is 5.32 Å². The van der Waals surface area contributed by atoms with Crippen LogP contribution in [0.25, 0.3) is 0 Å². The molecule has 1 aromatic carbocycles. The Labute approximate surface area is 126 Å². The first-order valence-electron chi connectivity index (χ1n) is 7.52. The molecule has 0 aliphatic heterocycles. The van der Waals surface area contributed by atoms with Crippen molar-refractivity contribution in [1.29, 1.82) is 0 Å². The van der Waals surface area contributed by atoms with E-state index in [1.807, 2.05) is 32.0 Å². The lowest BCUT2D eigenvalue weighted by Crippen LogP contribution is -2.38. The van der Waals surface area contributed by atoms with Gasteiger partial charge >= 0.3 is 5.97 Å². The van der Waals surface area contributed by atoms with Crippen molar-refractivity contribution in [3.8, 4) is 0 Å². The van der Waals surface area contributed by atoms with Crippen molar-refractivity contribution in [3.63, 3.8) is 0 Å². The van der Waals surface area contributed by atoms with E-state index in [9.17, 15) is 9.59 Å². The van der Waals surface area contributed by atoms with Crippen LogP contribution in [0.1, 0.15) is 54.1 Å². The van der Waals surface area contributed by atoms with Gasteiger partial charge in [0.15, 0.2) is 5.78 Å². The number of carbonyl (C=O) groups is 2. The Bertz CT molecular complexity index is 497. The second kappa shape index (κ2) is 8.57. The zero-order valence-corrected chi connectivity index (χ0v) is 13.1. The largest absolute Gasteiger partial charge is 0.481 e. The molecule has 0 aromatic heterocycles. The van der Waals surface area contributed by atoms with Crippen LogP contribution in [-0.2, 0) is 4.79 Å². The molecule has 0 aliphatic rings. The second-order valence-corrected chi connectivity index (χ2v) is 5.46. The molecule has 2 N–H and O–H groups in total. The van der Waals surface area contributed by atoms with E-state index in [2.05, 4.69) is 12.2 Å². The van der Waals surface area contributed by atoms with Crippen LogP contribution in [0.15, 0.2) is 18.2 Å². The summed E-state index contributed by atoms with van der Waals surface area (Å²) in [6.07, 6.45) is 2.34. The minimum absolute atomic E-state index is 0.000372. The number of benzene rings is 1. The summed E-state index contributed by atoms with van der Waals surface area (Å²) in [7, 11) is 0. The Morgan fingerprint density at radius 2 is 1.95 bits per heavy atom. The van der Waals surface area contributed by atoms with E-state index in [1.165, 1.54) is 0 Å². The molecule has 0 saturated carbocycles. The molecular formula is C17H25NO3. The Hall–Kier alpha value is -1.68. The highest BCUT2D eigenvalue weighted by atomic mass is 16.4. The van der Waals surface area contributed by atoms with Crippen LogP contribution in [0.3, 0.4) is 0 Å². The fourth-order valence-corrected chi connectivity index (χ4v) is 2.14. The number of nitrogens with one attached hydrogen (secondary N) is 1. The molecule has 1 rings (SSSR count). The van der Waals surface area contributed by atoms with E-state index in [1.54, 1.807) is 0 Å². The van der Waals surface area contributed by atoms with E-state index >= 15 is 0 Å². The average Bonchev–Trinajstić information content (AvgIpc) is 2.44. The van der Waals surface area contributed by atoms with Crippen molar-refractivity contribution in [2.24, 2.45) is 0 Å². The molecule has 0 fully saturated rings. The molecule has 0 radical (unpaired) electrons. The van der Waals surface area contributed by atoms with Crippen LogP contribution in [-0.4, -0.2) is 29.4 Å². The van der Waals surface area contributed by atoms with Gasteiger partial charge in [0.2, 0.25) is 0 Å². The van der Waals surface area contributed by atoms with E-state index in [4.69, 9.17) is 5.11 Å². The molecule has 116 valence electrons. The predicted molar refractivity (Wildman–Crippen MR) is 83.8 cm³/mol. The lowest BCUT2D eigenvalue weighted by Gasteiger charge is -2.17. The third-order valence-corrected chi connectivity index (χ3v) is 3.68. The first-order valence-corrected chi connectivity index (χ1v) is 7.52. The summed E-state index contributed by atoms with van der Waals surface area (Å²) >= 11 is 0. The van der Waals surface area contributed by atoms with Gasteiger partial charge in [-0.05, 0) is 50.4 Å². The molecule has 1 atom stereocenters. The number of rotatable bonds is 9. The van der Waals surface area contributed by atoms with Gasteiger partial charge in [0.05, 0.1) is 6.04 Å². The van der Waals surface area contributed by atoms with Gasteiger partial charge in [-0.15, -0.1) is 0 Å². The summed E-state index contributed by atoms with van der Waals surface area (Å²) in [5.41, 5.74) is 2.87. The highest BCUT2D eigenvalue weighted by molar-refractivity contribution is 6.00. The van der Waals surface area contributed by atoms with Gasteiger partial charge in [-0.2, -0.15) is 0 Å². The quantitative estimate of drug-likeness (QED) is 0.542. The van der Waals surface area contributed by atoms with Crippen LogP contribution in [0.2, 0.25) is 0 Å². The summed E-state index contributed by atoms with van der Waals surface area (Å²) < 4.78 is 0. The van der Waals surface area contributed by atoms with Gasteiger partial charge in [0.25, 0.3) is 0 Å². The Morgan fingerprint density at radius 1 is 1.24 bits per heavy atom. The average molecular weight is 291 g/mol. The molecule has 1 aromatic rings. The van der Waals surface area contributed by atoms with Crippen molar-refractivity contribution in [2.75, 3.05) is 6.54 Å². The Morgan fingerprint density at radius 3 is 2.52 bits per heavy atom. The summed E-state index contributed by atoms with van der Waals surface area (Å²) in [6, 6.07) is 5.21. The maximum absolute atomic E-state index is 12.6. The minimum Gasteiger partial charge on any atom is -0.481 e. The number of Topliss-reactive ketones (excluding diaryl/α,β-unsaturated/α-hetero) is 1. The molecule has 0 spiro atoms. The molecular weight excluding hydrogens is 266 g/mol. The zero-order valence-electron chi connectivity index (χ0n) is 13.1. The fraction of sp³-hybridized carbons (Fsp3) is 0.529. The Balaban J connectivity index is 2.81. The molecule has 4 heteroatoms. The van der Waals surface area contributed by atoms with Gasteiger partial charge < -0.3 is 10.4 Å². The molecule has 4 nitrogen and oxygen atoms in total. The van der Waals surface area contributed by atoms with E-state index in [0.29, 0.717) is 12.0 Å². The van der Waals surface area contributed by atoms with Gasteiger partial charge in [-0.25, -0.2) is 0 Å². The van der Waals surface area contributed by atoms with Crippen molar-refractivity contribution in [1.82, 2.24) is 5.32 Å². The highest BCUT2D eigenvalue weighted by Crippen LogP contribution is 2.14. The number of hydrogen-bond acceptors (Lipinski definition) is 3. The van der Waals surface area contributed by atoms with Crippen LogP contribution in [0.4, 0.5) is 0 Å². The normalized spacial score (nSPS) is 12.1. The van der Waals surface area contributed by atoms with Crippen molar-refractivity contribution in [2.45, 2.75) is 52.5 Å². The molecule has 0 bridgehead atoms. The number of hydrogen-bond donors (Lipinski definition) is 2. The molecule has 1 unspecified atom stereocenters. The number of ketones is 1. The summed E-state index contributed by atoms with van der Waals surface area (Å²) in [5.74, 6) is -0.888. The number of carboxylic acids is 1. The van der Waals surface area contributed by atoms with Gasteiger partial charge in [-0.3, -0.25) is 9.59 Å². The smallest absolute Gasteiger partial charge is 0.303 e. The molecule has 21 heavy (non-hydrogen) atoms. The predicted octanol–water partition coefficient (Wildman–Crippen LogP) is 3.11. The molecule has 0 aliphatic carbocycles. The van der Waals surface area contributed by atoms with E-state index < -0.39 is 12.0 Å². The maximum Gasteiger partial charge on any atom is 0.303 e.